The summed E-state index contributed by atoms with van der Waals surface area (Å²) in [5, 5.41) is 14.2. The van der Waals surface area contributed by atoms with E-state index in [0.717, 1.165) is 22.8 Å². The Hall–Kier alpha value is -2.58. The highest BCUT2D eigenvalue weighted by atomic mass is 19.4. The van der Waals surface area contributed by atoms with Crippen LogP contribution in [0.15, 0.2) is 29.1 Å². The molecule has 0 aliphatic carbocycles. The predicted molar refractivity (Wildman–Crippen MR) is 60.5 cm³/mol. The van der Waals surface area contributed by atoms with Gasteiger partial charge in [0.25, 0.3) is 0 Å². The number of aromatic nitrogens is 3. The molecule has 20 heavy (non-hydrogen) atoms. The molecule has 0 fully saturated rings. The fraction of sp³-hybridized carbons (Fsp3) is 0.182. The SMILES string of the molecule is O=C(O)Cc1n[nH]c(=O)n1-c1cccc(C(F)(F)F)c1. The minimum Gasteiger partial charge on any atom is -0.481 e. The lowest BCUT2D eigenvalue weighted by Gasteiger charge is -2.09. The van der Waals surface area contributed by atoms with E-state index in [0.29, 0.717) is 0 Å². The van der Waals surface area contributed by atoms with Crippen molar-refractivity contribution in [2.45, 2.75) is 12.6 Å². The van der Waals surface area contributed by atoms with Gasteiger partial charge >= 0.3 is 17.8 Å². The third kappa shape index (κ3) is 2.71. The van der Waals surface area contributed by atoms with Gasteiger partial charge in [-0.2, -0.15) is 18.3 Å². The number of halogens is 3. The number of carboxylic acids is 1. The van der Waals surface area contributed by atoms with Gasteiger partial charge in [0.05, 0.1) is 11.3 Å². The third-order valence-corrected chi connectivity index (χ3v) is 2.48. The zero-order valence-corrected chi connectivity index (χ0v) is 9.81. The van der Waals surface area contributed by atoms with Crippen LogP contribution in [0.4, 0.5) is 13.2 Å². The van der Waals surface area contributed by atoms with E-state index in [-0.39, 0.29) is 11.5 Å². The molecule has 1 aromatic heterocycles. The lowest BCUT2D eigenvalue weighted by atomic mass is 10.2. The van der Waals surface area contributed by atoms with Gasteiger partial charge in [-0.1, -0.05) is 6.07 Å². The molecular weight excluding hydrogens is 279 g/mol. The van der Waals surface area contributed by atoms with Crippen LogP contribution in [0.2, 0.25) is 0 Å². The molecule has 0 radical (unpaired) electrons. The van der Waals surface area contributed by atoms with Crippen molar-refractivity contribution in [3.63, 3.8) is 0 Å². The number of rotatable bonds is 3. The van der Waals surface area contributed by atoms with Gasteiger partial charge in [0, 0.05) is 0 Å². The van der Waals surface area contributed by atoms with E-state index in [9.17, 15) is 22.8 Å². The monoisotopic (exact) mass is 287 g/mol. The van der Waals surface area contributed by atoms with Gasteiger partial charge in [-0.25, -0.2) is 14.5 Å². The summed E-state index contributed by atoms with van der Waals surface area (Å²) in [4.78, 5) is 22.2. The molecule has 0 spiro atoms. The second-order valence-corrected chi connectivity index (χ2v) is 3.90. The van der Waals surface area contributed by atoms with Crippen LogP contribution in [0.1, 0.15) is 11.4 Å². The van der Waals surface area contributed by atoms with Crippen molar-refractivity contribution < 1.29 is 23.1 Å². The van der Waals surface area contributed by atoms with E-state index in [1.165, 1.54) is 6.07 Å². The van der Waals surface area contributed by atoms with Crippen LogP contribution in [-0.2, 0) is 17.4 Å². The van der Waals surface area contributed by atoms with Crippen molar-refractivity contribution in [2.24, 2.45) is 0 Å². The minimum absolute atomic E-state index is 0.102. The molecule has 0 bridgehead atoms. The molecule has 0 unspecified atom stereocenters. The Bertz CT molecular complexity index is 703. The summed E-state index contributed by atoms with van der Waals surface area (Å²) >= 11 is 0. The number of nitrogens with zero attached hydrogens (tertiary/aromatic N) is 2. The van der Waals surface area contributed by atoms with Gasteiger partial charge in [0.15, 0.2) is 0 Å². The van der Waals surface area contributed by atoms with E-state index in [1.54, 1.807) is 0 Å². The molecule has 6 nitrogen and oxygen atoms in total. The molecule has 106 valence electrons. The Kier molecular flexibility index (Phi) is 3.35. The Morgan fingerprint density at radius 3 is 2.70 bits per heavy atom. The lowest BCUT2D eigenvalue weighted by Crippen LogP contribution is -2.19. The predicted octanol–water partition coefficient (Wildman–Crippen LogP) is 1.21. The number of aromatic amines is 1. The van der Waals surface area contributed by atoms with Crippen molar-refractivity contribution in [3.05, 3.63) is 46.1 Å². The number of benzene rings is 1. The standard InChI is InChI=1S/C11H8F3N3O3/c12-11(13,14)6-2-1-3-7(4-6)17-8(5-9(18)19)15-16-10(17)20/h1-4H,5H2,(H,16,20)(H,18,19). The Morgan fingerprint density at radius 2 is 2.10 bits per heavy atom. The van der Waals surface area contributed by atoms with Crippen molar-refractivity contribution in [1.82, 2.24) is 14.8 Å². The number of hydrogen-bond acceptors (Lipinski definition) is 3. The maximum absolute atomic E-state index is 12.6. The van der Waals surface area contributed by atoms with E-state index >= 15 is 0 Å². The molecule has 0 saturated carbocycles. The molecule has 2 rings (SSSR count). The number of hydrogen-bond donors (Lipinski definition) is 2. The molecule has 0 atom stereocenters. The molecule has 0 aliphatic rings. The molecule has 9 heteroatoms. The van der Waals surface area contributed by atoms with Crippen molar-refractivity contribution in [2.75, 3.05) is 0 Å². The summed E-state index contributed by atoms with van der Waals surface area (Å²) in [5.41, 5.74) is -1.85. The van der Waals surface area contributed by atoms with Crippen LogP contribution in [0.5, 0.6) is 0 Å². The fourth-order valence-electron chi connectivity index (χ4n) is 1.67. The van der Waals surface area contributed by atoms with E-state index in [1.807, 2.05) is 5.10 Å². The van der Waals surface area contributed by atoms with Gasteiger partial charge < -0.3 is 5.11 Å². The smallest absolute Gasteiger partial charge is 0.416 e. The molecule has 2 aromatic rings. The zero-order chi connectivity index (χ0) is 14.9. The fourth-order valence-corrected chi connectivity index (χ4v) is 1.67. The van der Waals surface area contributed by atoms with Crippen molar-refractivity contribution in [3.8, 4) is 5.69 Å². The molecule has 0 amide bonds. The number of carbonyl (C=O) groups is 1. The molecule has 1 aromatic carbocycles. The zero-order valence-electron chi connectivity index (χ0n) is 9.81. The van der Waals surface area contributed by atoms with Crippen molar-refractivity contribution in [1.29, 1.82) is 0 Å². The lowest BCUT2D eigenvalue weighted by molar-refractivity contribution is -0.138. The normalized spacial score (nSPS) is 11.6. The quantitative estimate of drug-likeness (QED) is 0.888. The maximum Gasteiger partial charge on any atom is 0.416 e. The molecule has 2 N–H and O–H groups in total. The van der Waals surface area contributed by atoms with Gasteiger partial charge in [-0.15, -0.1) is 0 Å². The number of carboxylic acid groups (broad SMARTS) is 1. The highest BCUT2D eigenvalue weighted by Crippen LogP contribution is 2.30. The van der Waals surface area contributed by atoms with E-state index in [4.69, 9.17) is 5.11 Å². The summed E-state index contributed by atoms with van der Waals surface area (Å²) in [6.45, 7) is 0. The van der Waals surface area contributed by atoms with Gasteiger partial charge in [0.1, 0.15) is 12.2 Å². The third-order valence-electron chi connectivity index (χ3n) is 2.48. The largest absolute Gasteiger partial charge is 0.481 e. The number of alkyl halides is 3. The first kappa shape index (κ1) is 13.8. The first-order chi connectivity index (χ1) is 9.29. The van der Waals surface area contributed by atoms with E-state index < -0.39 is 29.8 Å². The topological polar surface area (TPSA) is 88.0 Å². The summed E-state index contributed by atoms with van der Waals surface area (Å²) in [5.74, 6) is -1.43. The Morgan fingerprint density at radius 1 is 1.40 bits per heavy atom. The van der Waals surface area contributed by atoms with Crippen molar-refractivity contribution >= 4 is 5.97 Å². The van der Waals surface area contributed by atoms with Crippen LogP contribution >= 0.6 is 0 Å². The second-order valence-electron chi connectivity index (χ2n) is 3.90. The van der Waals surface area contributed by atoms with Crippen LogP contribution in [0.25, 0.3) is 5.69 Å². The molecular formula is C11H8F3N3O3. The Balaban J connectivity index is 2.55. The second kappa shape index (κ2) is 4.83. The number of H-pyrrole nitrogens is 1. The van der Waals surface area contributed by atoms with Gasteiger partial charge in [-0.3, -0.25) is 4.79 Å². The summed E-state index contributed by atoms with van der Waals surface area (Å²) in [6, 6.07) is 3.99. The summed E-state index contributed by atoms with van der Waals surface area (Å²) in [7, 11) is 0. The Labute approximate surface area is 109 Å². The molecule has 1 heterocycles. The average molecular weight is 287 g/mol. The van der Waals surface area contributed by atoms with Gasteiger partial charge in [-0.05, 0) is 18.2 Å². The summed E-state index contributed by atoms with van der Waals surface area (Å²) < 4.78 is 38.6. The minimum atomic E-state index is -4.56. The molecule has 0 aliphatic heterocycles. The first-order valence-corrected chi connectivity index (χ1v) is 5.35. The highest BCUT2D eigenvalue weighted by Gasteiger charge is 2.30. The van der Waals surface area contributed by atoms with Crippen LogP contribution in [-0.4, -0.2) is 25.8 Å². The molecule has 0 saturated heterocycles. The van der Waals surface area contributed by atoms with Gasteiger partial charge in [0.2, 0.25) is 0 Å². The van der Waals surface area contributed by atoms with Crippen LogP contribution in [0, 0.1) is 0 Å². The van der Waals surface area contributed by atoms with Crippen LogP contribution in [0.3, 0.4) is 0 Å². The summed E-state index contributed by atoms with van der Waals surface area (Å²) in [6.07, 6.45) is -5.15. The number of aliphatic carboxylic acids is 1. The first-order valence-electron chi connectivity index (χ1n) is 5.35. The highest BCUT2D eigenvalue weighted by molar-refractivity contribution is 5.69. The maximum atomic E-state index is 12.6. The van der Waals surface area contributed by atoms with Crippen LogP contribution < -0.4 is 5.69 Å². The number of nitrogens with one attached hydrogen (secondary N) is 1. The average Bonchev–Trinajstić information content (AvgIpc) is 2.69. The van der Waals surface area contributed by atoms with E-state index in [2.05, 4.69) is 5.10 Å².